The van der Waals surface area contributed by atoms with Crippen molar-refractivity contribution in [1.82, 2.24) is 5.32 Å². The summed E-state index contributed by atoms with van der Waals surface area (Å²) >= 11 is 5.53. The summed E-state index contributed by atoms with van der Waals surface area (Å²) < 4.78 is 7.26. The maximum atomic E-state index is 6.03. The fraction of sp³-hybridized carbons (Fsp3) is 0.733. The minimum atomic E-state index is 0.313. The van der Waals surface area contributed by atoms with E-state index >= 15 is 0 Å². The molecular formula is C15H24BrNOS. The van der Waals surface area contributed by atoms with E-state index in [0.29, 0.717) is 30.1 Å². The largest absolute Gasteiger partial charge is 0.375 e. The zero-order valence-corrected chi connectivity index (χ0v) is 14.6. The van der Waals surface area contributed by atoms with Gasteiger partial charge >= 0.3 is 0 Å². The van der Waals surface area contributed by atoms with Crippen molar-refractivity contribution < 1.29 is 4.74 Å². The van der Waals surface area contributed by atoms with Crippen molar-refractivity contribution in [1.29, 1.82) is 0 Å². The van der Waals surface area contributed by atoms with Gasteiger partial charge in [-0.2, -0.15) is 0 Å². The summed E-state index contributed by atoms with van der Waals surface area (Å²) in [6.45, 7) is 10.0. The fourth-order valence-electron chi connectivity index (χ4n) is 3.10. The molecule has 0 aliphatic carbocycles. The highest BCUT2D eigenvalue weighted by atomic mass is 79.9. The predicted octanol–water partition coefficient (Wildman–Crippen LogP) is 4.61. The Kier molecular flexibility index (Phi) is 5.46. The van der Waals surface area contributed by atoms with E-state index in [4.69, 9.17) is 4.74 Å². The summed E-state index contributed by atoms with van der Waals surface area (Å²) in [5.74, 6) is 1.12. The molecule has 5 atom stereocenters. The SMILES string of the molecule is CCCNC(c1sccc1Br)C1C(C)OC(C)C1C. The highest BCUT2D eigenvalue weighted by Crippen LogP contribution is 2.43. The highest BCUT2D eigenvalue weighted by molar-refractivity contribution is 9.10. The number of ether oxygens (including phenoxy) is 1. The number of halogens is 1. The van der Waals surface area contributed by atoms with E-state index in [1.807, 2.05) is 11.3 Å². The maximum Gasteiger partial charge on any atom is 0.0600 e. The van der Waals surface area contributed by atoms with Crippen molar-refractivity contribution in [3.8, 4) is 0 Å². The zero-order chi connectivity index (χ0) is 14.0. The quantitative estimate of drug-likeness (QED) is 0.841. The number of nitrogens with one attached hydrogen (secondary N) is 1. The minimum Gasteiger partial charge on any atom is -0.375 e. The van der Waals surface area contributed by atoms with Crippen LogP contribution in [0.25, 0.3) is 0 Å². The van der Waals surface area contributed by atoms with Crippen molar-refractivity contribution in [3.63, 3.8) is 0 Å². The predicted molar refractivity (Wildman–Crippen MR) is 85.7 cm³/mol. The van der Waals surface area contributed by atoms with E-state index in [0.717, 1.165) is 13.0 Å². The molecule has 2 rings (SSSR count). The molecule has 1 aromatic rings. The summed E-state index contributed by atoms with van der Waals surface area (Å²) in [7, 11) is 0. The van der Waals surface area contributed by atoms with Crippen molar-refractivity contribution in [2.45, 2.75) is 52.4 Å². The van der Waals surface area contributed by atoms with Crippen LogP contribution in [-0.2, 0) is 4.74 Å². The van der Waals surface area contributed by atoms with Gasteiger partial charge in [0.15, 0.2) is 0 Å². The van der Waals surface area contributed by atoms with Gasteiger partial charge in [0.05, 0.1) is 12.2 Å². The van der Waals surface area contributed by atoms with E-state index in [1.165, 1.54) is 9.35 Å². The molecule has 1 N–H and O–H groups in total. The Morgan fingerprint density at radius 2 is 2.11 bits per heavy atom. The van der Waals surface area contributed by atoms with Gasteiger partial charge in [-0.15, -0.1) is 11.3 Å². The lowest BCUT2D eigenvalue weighted by atomic mass is 9.82. The molecule has 19 heavy (non-hydrogen) atoms. The molecule has 1 aliphatic rings. The van der Waals surface area contributed by atoms with Crippen LogP contribution in [0.15, 0.2) is 15.9 Å². The average Bonchev–Trinajstić information content (AvgIpc) is 2.88. The van der Waals surface area contributed by atoms with Crippen molar-refractivity contribution in [2.24, 2.45) is 11.8 Å². The van der Waals surface area contributed by atoms with Crippen LogP contribution in [0.2, 0.25) is 0 Å². The van der Waals surface area contributed by atoms with Crippen LogP contribution < -0.4 is 5.32 Å². The molecule has 2 nitrogen and oxygen atoms in total. The first-order valence-corrected chi connectivity index (χ1v) is 8.85. The molecule has 5 unspecified atom stereocenters. The minimum absolute atomic E-state index is 0.313. The topological polar surface area (TPSA) is 21.3 Å². The molecule has 4 heteroatoms. The molecular weight excluding hydrogens is 322 g/mol. The van der Waals surface area contributed by atoms with Gasteiger partial charge in [-0.25, -0.2) is 0 Å². The Bertz CT molecular complexity index is 409. The third kappa shape index (κ3) is 3.23. The lowest BCUT2D eigenvalue weighted by Crippen LogP contribution is -2.35. The number of hydrogen-bond donors (Lipinski definition) is 1. The molecule has 0 aromatic carbocycles. The molecule has 0 amide bonds. The Labute approximate surface area is 129 Å². The van der Waals surface area contributed by atoms with Gasteiger partial charge in [-0.3, -0.25) is 0 Å². The first-order chi connectivity index (χ1) is 9.06. The molecule has 1 fully saturated rings. The van der Waals surface area contributed by atoms with Crippen LogP contribution in [0, 0.1) is 11.8 Å². The van der Waals surface area contributed by atoms with Gasteiger partial charge in [-0.05, 0) is 60.1 Å². The Morgan fingerprint density at radius 1 is 1.37 bits per heavy atom. The smallest absolute Gasteiger partial charge is 0.0600 e. The molecule has 0 bridgehead atoms. The Morgan fingerprint density at radius 3 is 2.58 bits per heavy atom. The number of rotatable bonds is 5. The summed E-state index contributed by atoms with van der Waals surface area (Å²) in [5, 5.41) is 5.90. The summed E-state index contributed by atoms with van der Waals surface area (Å²) in [4.78, 5) is 1.41. The monoisotopic (exact) mass is 345 g/mol. The normalized spacial score (nSPS) is 32.7. The average molecular weight is 346 g/mol. The van der Waals surface area contributed by atoms with Gasteiger partial charge in [0.25, 0.3) is 0 Å². The first-order valence-electron chi connectivity index (χ1n) is 7.18. The van der Waals surface area contributed by atoms with Crippen molar-refractivity contribution in [2.75, 3.05) is 6.54 Å². The van der Waals surface area contributed by atoms with Gasteiger partial charge < -0.3 is 10.1 Å². The van der Waals surface area contributed by atoms with E-state index in [9.17, 15) is 0 Å². The molecule has 2 heterocycles. The van der Waals surface area contributed by atoms with Gasteiger partial charge in [0, 0.05) is 21.3 Å². The molecule has 108 valence electrons. The molecule has 1 saturated heterocycles. The van der Waals surface area contributed by atoms with E-state index in [-0.39, 0.29) is 0 Å². The zero-order valence-electron chi connectivity index (χ0n) is 12.2. The Balaban J connectivity index is 2.25. The number of hydrogen-bond acceptors (Lipinski definition) is 3. The summed E-state index contributed by atoms with van der Waals surface area (Å²) in [6.07, 6.45) is 1.82. The van der Waals surface area contributed by atoms with Crippen LogP contribution in [0.3, 0.4) is 0 Å². The van der Waals surface area contributed by atoms with E-state index < -0.39 is 0 Å². The second-order valence-corrected chi connectivity index (χ2v) is 7.35. The van der Waals surface area contributed by atoms with Crippen molar-refractivity contribution in [3.05, 3.63) is 20.8 Å². The van der Waals surface area contributed by atoms with Crippen LogP contribution >= 0.6 is 27.3 Å². The highest BCUT2D eigenvalue weighted by Gasteiger charge is 2.42. The van der Waals surface area contributed by atoms with E-state index in [2.05, 4.69) is 60.4 Å². The first kappa shape index (κ1) is 15.5. The molecule has 1 aliphatic heterocycles. The second-order valence-electron chi connectivity index (χ2n) is 5.55. The third-order valence-electron chi connectivity index (χ3n) is 4.25. The lowest BCUT2D eigenvalue weighted by Gasteiger charge is -2.29. The van der Waals surface area contributed by atoms with Crippen LogP contribution in [0.4, 0.5) is 0 Å². The van der Waals surface area contributed by atoms with E-state index in [1.54, 1.807) is 0 Å². The molecule has 1 aromatic heterocycles. The standard InChI is InChI=1S/C15H24BrNOS/c1-5-7-17-14(15-12(16)6-8-19-15)13-9(2)10(3)18-11(13)4/h6,8-11,13-14,17H,5,7H2,1-4H3. The maximum absolute atomic E-state index is 6.03. The van der Waals surface area contributed by atoms with Crippen LogP contribution in [0.1, 0.15) is 45.0 Å². The van der Waals surface area contributed by atoms with Gasteiger partial charge in [0.2, 0.25) is 0 Å². The third-order valence-corrected chi connectivity index (χ3v) is 6.20. The van der Waals surface area contributed by atoms with Crippen LogP contribution in [0.5, 0.6) is 0 Å². The molecule has 0 radical (unpaired) electrons. The van der Waals surface area contributed by atoms with Gasteiger partial charge in [0.1, 0.15) is 0 Å². The lowest BCUT2D eigenvalue weighted by molar-refractivity contribution is 0.0476. The van der Waals surface area contributed by atoms with Crippen molar-refractivity contribution >= 4 is 27.3 Å². The molecule has 0 saturated carbocycles. The van der Waals surface area contributed by atoms with Crippen LogP contribution in [-0.4, -0.2) is 18.8 Å². The van der Waals surface area contributed by atoms with Gasteiger partial charge in [-0.1, -0.05) is 13.8 Å². The summed E-state index contributed by atoms with van der Waals surface area (Å²) in [6, 6.07) is 2.54. The molecule has 0 spiro atoms. The summed E-state index contributed by atoms with van der Waals surface area (Å²) in [5.41, 5.74) is 0. The Hall–Kier alpha value is 0.1000. The number of thiophene rings is 1. The fourth-order valence-corrected chi connectivity index (χ4v) is 4.85. The second kappa shape index (κ2) is 6.70.